The summed E-state index contributed by atoms with van der Waals surface area (Å²) >= 11 is 13.5. The van der Waals surface area contributed by atoms with E-state index >= 15 is 0 Å². The average Bonchev–Trinajstić information content (AvgIpc) is 2.48. The molecular weight excluding hydrogens is 341 g/mol. The highest BCUT2D eigenvalue weighted by molar-refractivity contribution is 7.99. The van der Waals surface area contributed by atoms with Gasteiger partial charge in [-0.05, 0) is 36.1 Å². The van der Waals surface area contributed by atoms with Crippen LogP contribution in [-0.4, -0.2) is 18.3 Å². The Labute approximate surface area is 144 Å². The summed E-state index contributed by atoms with van der Waals surface area (Å²) in [5.41, 5.74) is 0.783. The fourth-order valence-electron chi connectivity index (χ4n) is 1.77. The molecule has 0 saturated carbocycles. The first kappa shape index (κ1) is 17.0. The Bertz CT molecular complexity index is 664. The van der Waals surface area contributed by atoms with Crippen LogP contribution >= 0.6 is 35.0 Å². The molecule has 0 spiro atoms. The lowest BCUT2D eigenvalue weighted by atomic mass is 10.3. The highest BCUT2D eigenvalue weighted by atomic mass is 35.5. The minimum atomic E-state index is -0.241. The minimum Gasteiger partial charge on any atom is -0.482 e. The van der Waals surface area contributed by atoms with E-state index in [0.717, 1.165) is 16.3 Å². The normalized spacial score (nSPS) is 10.3. The largest absolute Gasteiger partial charge is 0.482 e. The number of thioether (sulfide) groups is 1. The van der Waals surface area contributed by atoms with Crippen LogP contribution in [0.1, 0.15) is 6.92 Å². The summed E-state index contributed by atoms with van der Waals surface area (Å²) in [5.74, 6) is 1.12. The molecule has 0 radical (unpaired) electrons. The molecule has 1 N–H and O–H groups in total. The second-order valence-electron chi connectivity index (χ2n) is 4.34. The van der Waals surface area contributed by atoms with E-state index < -0.39 is 0 Å². The Balaban J connectivity index is 1.96. The van der Waals surface area contributed by atoms with Crippen LogP contribution in [0.25, 0.3) is 0 Å². The van der Waals surface area contributed by atoms with Crippen LogP contribution in [-0.2, 0) is 4.79 Å². The summed E-state index contributed by atoms with van der Waals surface area (Å²) in [5, 5.41) is 3.74. The van der Waals surface area contributed by atoms with Crippen molar-refractivity contribution in [3.8, 4) is 5.75 Å². The van der Waals surface area contributed by atoms with Gasteiger partial charge in [-0.1, -0.05) is 42.3 Å². The van der Waals surface area contributed by atoms with Crippen LogP contribution in [0.2, 0.25) is 10.0 Å². The molecule has 22 heavy (non-hydrogen) atoms. The molecule has 0 aliphatic heterocycles. The van der Waals surface area contributed by atoms with E-state index in [2.05, 4.69) is 12.2 Å². The van der Waals surface area contributed by atoms with Gasteiger partial charge in [0.05, 0.1) is 10.7 Å². The second-order valence-corrected chi connectivity index (χ2v) is 6.49. The van der Waals surface area contributed by atoms with Crippen LogP contribution in [0.3, 0.4) is 0 Å². The molecule has 0 fully saturated rings. The first-order valence-electron chi connectivity index (χ1n) is 6.69. The van der Waals surface area contributed by atoms with E-state index in [9.17, 15) is 4.79 Å². The van der Waals surface area contributed by atoms with Gasteiger partial charge in [-0.2, -0.15) is 0 Å². The van der Waals surface area contributed by atoms with E-state index in [4.69, 9.17) is 27.9 Å². The number of anilines is 1. The summed E-state index contributed by atoms with van der Waals surface area (Å²) in [4.78, 5) is 13.0. The highest BCUT2D eigenvalue weighted by Gasteiger charge is 2.09. The molecule has 2 rings (SSSR count). The number of carbonyl (C=O) groups excluding carboxylic acids is 1. The van der Waals surface area contributed by atoms with Crippen molar-refractivity contribution in [1.82, 2.24) is 0 Å². The quantitative estimate of drug-likeness (QED) is 0.730. The molecule has 1 amide bonds. The summed E-state index contributed by atoms with van der Waals surface area (Å²) in [6, 6.07) is 12.5. The lowest BCUT2D eigenvalue weighted by Gasteiger charge is -2.11. The predicted octanol–water partition coefficient (Wildman–Crippen LogP) is 5.12. The van der Waals surface area contributed by atoms with Gasteiger partial charge < -0.3 is 10.1 Å². The molecule has 0 bridgehead atoms. The van der Waals surface area contributed by atoms with Crippen LogP contribution < -0.4 is 10.1 Å². The van der Waals surface area contributed by atoms with Crippen molar-refractivity contribution in [3.63, 3.8) is 0 Å². The van der Waals surface area contributed by atoms with Gasteiger partial charge in [0.25, 0.3) is 5.91 Å². The van der Waals surface area contributed by atoms with Gasteiger partial charge in [-0.15, -0.1) is 11.8 Å². The van der Waals surface area contributed by atoms with Crippen LogP contribution in [0, 0.1) is 0 Å². The molecule has 116 valence electrons. The van der Waals surface area contributed by atoms with Crippen molar-refractivity contribution < 1.29 is 9.53 Å². The summed E-state index contributed by atoms with van der Waals surface area (Å²) < 4.78 is 5.42. The van der Waals surface area contributed by atoms with Crippen LogP contribution in [0.15, 0.2) is 47.4 Å². The first-order chi connectivity index (χ1) is 10.6. The molecule has 0 aromatic heterocycles. The van der Waals surface area contributed by atoms with Crippen molar-refractivity contribution in [2.45, 2.75) is 11.8 Å². The number of benzene rings is 2. The van der Waals surface area contributed by atoms with Gasteiger partial charge in [0.1, 0.15) is 5.75 Å². The van der Waals surface area contributed by atoms with E-state index in [0.29, 0.717) is 15.8 Å². The van der Waals surface area contributed by atoms with Crippen LogP contribution in [0.5, 0.6) is 5.75 Å². The summed E-state index contributed by atoms with van der Waals surface area (Å²) in [6.45, 7) is 1.95. The fourth-order valence-corrected chi connectivity index (χ4v) is 3.00. The number of ether oxygens (including phenoxy) is 1. The zero-order chi connectivity index (χ0) is 15.9. The van der Waals surface area contributed by atoms with Gasteiger partial charge in [0.2, 0.25) is 0 Å². The number of halogens is 2. The molecule has 0 aliphatic carbocycles. The van der Waals surface area contributed by atoms with Gasteiger partial charge in [-0.25, -0.2) is 0 Å². The van der Waals surface area contributed by atoms with Crippen molar-refractivity contribution >= 4 is 46.6 Å². The Kier molecular flexibility index (Phi) is 6.43. The summed E-state index contributed by atoms with van der Waals surface area (Å²) in [7, 11) is 0. The SMILES string of the molecule is CCSc1ccccc1NC(=O)COc1ccc(Cl)cc1Cl. The van der Waals surface area contributed by atoms with Crippen molar-refractivity contribution in [2.75, 3.05) is 17.7 Å². The molecule has 2 aromatic rings. The molecule has 3 nitrogen and oxygen atoms in total. The maximum absolute atomic E-state index is 12.0. The number of amides is 1. The maximum atomic E-state index is 12.0. The van der Waals surface area contributed by atoms with Crippen molar-refractivity contribution in [1.29, 1.82) is 0 Å². The van der Waals surface area contributed by atoms with Gasteiger partial charge in [-0.3, -0.25) is 4.79 Å². The molecule has 6 heteroatoms. The number of carbonyl (C=O) groups is 1. The average molecular weight is 356 g/mol. The Hall–Kier alpha value is -1.36. The number of hydrogen-bond donors (Lipinski definition) is 1. The number of nitrogens with one attached hydrogen (secondary N) is 1. The third-order valence-corrected chi connectivity index (χ3v) is 4.20. The standard InChI is InChI=1S/C16H15Cl2NO2S/c1-2-22-15-6-4-3-5-13(15)19-16(20)10-21-14-8-7-11(17)9-12(14)18/h3-9H,2,10H2,1H3,(H,19,20). The van der Waals surface area contributed by atoms with E-state index in [1.165, 1.54) is 0 Å². The van der Waals surface area contributed by atoms with Crippen molar-refractivity contribution in [2.24, 2.45) is 0 Å². The molecule has 0 unspecified atom stereocenters. The molecule has 0 saturated heterocycles. The molecular formula is C16H15Cl2NO2S. The van der Waals surface area contributed by atoms with Gasteiger partial charge in [0, 0.05) is 9.92 Å². The number of hydrogen-bond acceptors (Lipinski definition) is 3. The predicted molar refractivity (Wildman–Crippen MR) is 93.4 cm³/mol. The smallest absolute Gasteiger partial charge is 0.262 e. The monoisotopic (exact) mass is 355 g/mol. The Morgan fingerprint density at radius 2 is 2.00 bits per heavy atom. The third kappa shape index (κ3) is 4.83. The molecule has 0 atom stereocenters. The second kappa shape index (κ2) is 8.32. The molecule has 2 aromatic carbocycles. The number of para-hydroxylation sites is 1. The van der Waals surface area contributed by atoms with Crippen LogP contribution in [0.4, 0.5) is 5.69 Å². The number of rotatable bonds is 6. The topological polar surface area (TPSA) is 38.3 Å². The first-order valence-corrected chi connectivity index (χ1v) is 8.44. The molecule has 0 aliphatic rings. The van der Waals surface area contributed by atoms with E-state index in [1.54, 1.807) is 30.0 Å². The van der Waals surface area contributed by atoms with Gasteiger partial charge in [0.15, 0.2) is 6.61 Å². The van der Waals surface area contributed by atoms with Gasteiger partial charge >= 0.3 is 0 Å². The zero-order valence-electron chi connectivity index (χ0n) is 11.9. The zero-order valence-corrected chi connectivity index (χ0v) is 14.3. The lowest BCUT2D eigenvalue weighted by Crippen LogP contribution is -2.20. The Morgan fingerprint density at radius 3 is 2.73 bits per heavy atom. The third-order valence-electron chi connectivity index (χ3n) is 2.71. The molecule has 0 heterocycles. The van der Waals surface area contributed by atoms with E-state index in [-0.39, 0.29) is 12.5 Å². The van der Waals surface area contributed by atoms with E-state index in [1.807, 2.05) is 24.3 Å². The van der Waals surface area contributed by atoms with Crippen molar-refractivity contribution in [3.05, 3.63) is 52.5 Å². The Morgan fingerprint density at radius 1 is 1.23 bits per heavy atom. The minimum absolute atomic E-state index is 0.119. The fraction of sp³-hybridized carbons (Fsp3) is 0.188. The lowest BCUT2D eigenvalue weighted by molar-refractivity contribution is -0.118. The maximum Gasteiger partial charge on any atom is 0.262 e. The summed E-state index contributed by atoms with van der Waals surface area (Å²) in [6.07, 6.45) is 0. The highest BCUT2D eigenvalue weighted by Crippen LogP contribution is 2.28.